The topological polar surface area (TPSA) is 59.6 Å². The predicted molar refractivity (Wildman–Crippen MR) is 87.7 cm³/mol. The second-order valence-electron chi connectivity index (χ2n) is 6.03. The summed E-state index contributed by atoms with van der Waals surface area (Å²) in [4.78, 5) is 12.1. The van der Waals surface area contributed by atoms with Crippen LogP contribution in [0.25, 0.3) is 0 Å². The average Bonchev–Trinajstić information content (AvgIpc) is 2.55. The minimum atomic E-state index is -2.94. The van der Waals surface area contributed by atoms with Crippen molar-refractivity contribution in [1.29, 1.82) is 0 Å². The molecule has 0 aliphatic heterocycles. The molecule has 2 atom stereocenters. The number of anilines is 1. The molecule has 134 valence electrons. The van der Waals surface area contributed by atoms with Crippen LogP contribution >= 0.6 is 0 Å². The molecule has 1 aromatic rings. The lowest BCUT2D eigenvalue weighted by Gasteiger charge is -2.29. The van der Waals surface area contributed by atoms with Gasteiger partial charge in [0.25, 0.3) is 0 Å². The number of carbonyl (C=O) groups is 1. The number of carbonyl (C=O) groups excluding carboxylic acids is 1. The Morgan fingerprint density at radius 1 is 1.29 bits per heavy atom. The van der Waals surface area contributed by atoms with Crippen LogP contribution in [0.2, 0.25) is 0 Å². The predicted octanol–water partition coefficient (Wildman–Crippen LogP) is 3.40. The van der Waals surface area contributed by atoms with Gasteiger partial charge in [0.15, 0.2) is 11.5 Å². The fraction of sp³-hybridized carbons (Fsp3) is 0.588. The molecule has 1 fully saturated rings. The molecule has 1 saturated carbocycles. The summed E-state index contributed by atoms with van der Waals surface area (Å²) in [7, 11) is 1.37. The number of hydrogen-bond donors (Lipinski definition) is 2. The zero-order chi connectivity index (χ0) is 17.5. The van der Waals surface area contributed by atoms with Crippen LogP contribution < -0.4 is 20.1 Å². The number of alkyl halides is 2. The van der Waals surface area contributed by atoms with Gasteiger partial charge in [0.1, 0.15) is 0 Å². The second kappa shape index (κ2) is 8.70. The Kier molecular flexibility index (Phi) is 6.63. The molecule has 7 heteroatoms. The SMILES string of the molecule is COc1ccc(NCC(=O)N[C@H]2CCCC[C@@H]2C)cc1OC(F)F. The highest BCUT2D eigenvalue weighted by atomic mass is 19.3. The van der Waals surface area contributed by atoms with Crippen molar-refractivity contribution >= 4 is 11.6 Å². The summed E-state index contributed by atoms with van der Waals surface area (Å²) in [5.74, 6) is 0.510. The molecule has 0 heterocycles. The minimum absolute atomic E-state index is 0.0705. The van der Waals surface area contributed by atoms with Crippen LogP contribution in [0.5, 0.6) is 11.5 Å². The third kappa shape index (κ3) is 5.25. The van der Waals surface area contributed by atoms with Gasteiger partial charge in [-0.3, -0.25) is 4.79 Å². The molecule has 0 radical (unpaired) electrons. The van der Waals surface area contributed by atoms with Gasteiger partial charge < -0.3 is 20.1 Å². The van der Waals surface area contributed by atoms with Crippen molar-refractivity contribution < 1.29 is 23.0 Å². The Labute approximate surface area is 140 Å². The van der Waals surface area contributed by atoms with Crippen LogP contribution in [0.1, 0.15) is 32.6 Å². The van der Waals surface area contributed by atoms with E-state index >= 15 is 0 Å². The summed E-state index contributed by atoms with van der Waals surface area (Å²) in [5, 5.41) is 5.95. The summed E-state index contributed by atoms with van der Waals surface area (Å²) in [5.41, 5.74) is 0.512. The minimum Gasteiger partial charge on any atom is -0.493 e. The number of hydrogen-bond acceptors (Lipinski definition) is 4. The van der Waals surface area contributed by atoms with Crippen molar-refractivity contribution in [3.63, 3.8) is 0 Å². The number of ether oxygens (including phenoxy) is 2. The highest BCUT2D eigenvalue weighted by Crippen LogP contribution is 2.31. The van der Waals surface area contributed by atoms with E-state index in [2.05, 4.69) is 22.3 Å². The fourth-order valence-corrected chi connectivity index (χ4v) is 2.95. The number of amides is 1. The van der Waals surface area contributed by atoms with Gasteiger partial charge in [-0.2, -0.15) is 8.78 Å². The molecule has 5 nitrogen and oxygen atoms in total. The van der Waals surface area contributed by atoms with E-state index in [1.54, 1.807) is 6.07 Å². The first-order chi connectivity index (χ1) is 11.5. The molecular weight excluding hydrogens is 318 g/mol. The second-order valence-corrected chi connectivity index (χ2v) is 6.03. The van der Waals surface area contributed by atoms with Crippen molar-refractivity contribution in [3.05, 3.63) is 18.2 Å². The zero-order valence-electron chi connectivity index (χ0n) is 14.0. The van der Waals surface area contributed by atoms with Crippen molar-refractivity contribution in [2.45, 2.75) is 45.3 Å². The molecule has 0 bridgehead atoms. The van der Waals surface area contributed by atoms with E-state index in [0.717, 1.165) is 19.3 Å². The molecule has 1 aliphatic carbocycles. The summed E-state index contributed by atoms with van der Waals surface area (Å²) in [6.45, 7) is -0.719. The Balaban J connectivity index is 1.89. The summed E-state index contributed by atoms with van der Waals surface area (Å²) in [6, 6.07) is 4.76. The van der Waals surface area contributed by atoms with E-state index in [-0.39, 0.29) is 30.0 Å². The molecule has 0 unspecified atom stereocenters. The van der Waals surface area contributed by atoms with Crippen LogP contribution in [0.3, 0.4) is 0 Å². The first-order valence-corrected chi connectivity index (χ1v) is 8.15. The largest absolute Gasteiger partial charge is 0.493 e. The highest BCUT2D eigenvalue weighted by molar-refractivity contribution is 5.81. The quantitative estimate of drug-likeness (QED) is 0.797. The summed E-state index contributed by atoms with van der Waals surface area (Å²) >= 11 is 0. The smallest absolute Gasteiger partial charge is 0.387 e. The van der Waals surface area contributed by atoms with Crippen molar-refractivity contribution in [1.82, 2.24) is 5.32 Å². The number of benzene rings is 1. The number of methoxy groups -OCH3 is 1. The lowest BCUT2D eigenvalue weighted by atomic mass is 9.86. The molecule has 1 aromatic carbocycles. The Morgan fingerprint density at radius 3 is 2.71 bits per heavy atom. The third-order valence-corrected chi connectivity index (χ3v) is 4.29. The lowest BCUT2D eigenvalue weighted by Crippen LogP contribution is -2.43. The van der Waals surface area contributed by atoms with Crippen LogP contribution in [-0.4, -0.2) is 32.2 Å². The van der Waals surface area contributed by atoms with Gasteiger partial charge in [-0.1, -0.05) is 19.8 Å². The van der Waals surface area contributed by atoms with E-state index in [1.807, 2.05) is 0 Å². The van der Waals surface area contributed by atoms with E-state index in [1.165, 1.54) is 25.7 Å². The Morgan fingerprint density at radius 2 is 2.04 bits per heavy atom. The van der Waals surface area contributed by atoms with Crippen LogP contribution in [0.15, 0.2) is 18.2 Å². The van der Waals surface area contributed by atoms with Crippen molar-refractivity contribution in [2.24, 2.45) is 5.92 Å². The number of nitrogens with one attached hydrogen (secondary N) is 2. The van der Waals surface area contributed by atoms with Crippen LogP contribution in [0, 0.1) is 5.92 Å². The number of halogens is 2. The first-order valence-electron chi connectivity index (χ1n) is 8.15. The molecule has 0 spiro atoms. The van der Waals surface area contributed by atoms with Crippen LogP contribution in [-0.2, 0) is 4.79 Å². The van der Waals surface area contributed by atoms with E-state index in [9.17, 15) is 13.6 Å². The van der Waals surface area contributed by atoms with Gasteiger partial charge in [-0.15, -0.1) is 0 Å². The van der Waals surface area contributed by atoms with Gasteiger partial charge in [-0.05, 0) is 30.9 Å². The number of rotatable bonds is 7. The highest BCUT2D eigenvalue weighted by Gasteiger charge is 2.22. The summed E-state index contributed by atoms with van der Waals surface area (Å²) < 4.78 is 34.2. The standard InChI is InChI=1S/C17H24F2N2O3/c1-11-5-3-4-6-13(11)21-16(22)10-20-12-7-8-14(23-2)15(9-12)24-17(18)19/h7-9,11,13,17,20H,3-6,10H2,1-2H3,(H,21,22)/t11-,13-/m0/s1. The first kappa shape index (κ1) is 18.3. The monoisotopic (exact) mass is 342 g/mol. The van der Waals surface area contributed by atoms with Crippen molar-refractivity contribution in [2.75, 3.05) is 19.0 Å². The molecule has 2 N–H and O–H groups in total. The summed E-state index contributed by atoms with van der Waals surface area (Å²) in [6.07, 6.45) is 4.48. The van der Waals surface area contributed by atoms with Gasteiger partial charge in [-0.25, -0.2) is 0 Å². The molecular formula is C17H24F2N2O3. The normalized spacial score (nSPS) is 20.5. The molecule has 0 aromatic heterocycles. The maximum Gasteiger partial charge on any atom is 0.387 e. The molecule has 1 amide bonds. The maximum atomic E-state index is 12.4. The fourth-order valence-electron chi connectivity index (χ4n) is 2.95. The molecule has 24 heavy (non-hydrogen) atoms. The average molecular weight is 342 g/mol. The van der Waals surface area contributed by atoms with Gasteiger partial charge in [0.05, 0.1) is 13.7 Å². The van der Waals surface area contributed by atoms with Gasteiger partial charge >= 0.3 is 6.61 Å². The van der Waals surface area contributed by atoms with Crippen molar-refractivity contribution in [3.8, 4) is 11.5 Å². The van der Waals surface area contributed by atoms with E-state index < -0.39 is 6.61 Å². The Hall–Kier alpha value is -2.05. The molecule has 2 rings (SSSR count). The third-order valence-electron chi connectivity index (χ3n) is 4.29. The molecule has 1 aliphatic rings. The van der Waals surface area contributed by atoms with E-state index in [0.29, 0.717) is 11.6 Å². The van der Waals surface area contributed by atoms with Crippen LogP contribution in [0.4, 0.5) is 14.5 Å². The van der Waals surface area contributed by atoms with Gasteiger partial charge in [0.2, 0.25) is 5.91 Å². The maximum absolute atomic E-state index is 12.4. The molecule has 0 saturated heterocycles. The van der Waals surface area contributed by atoms with Gasteiger partial charge in [0, 0.05) is 17.8 Å². The Bertz CT molecular complexity index is 555. The zero-order valence-corrected chi connectivity index (χ0v) is 14.0. The van der Waals surface area contributed by atoms with E-state index in [4.69, 9.17) is 4.74 Å². The lowest BCUT2D eigenvalue weighted by molar-refractivity contribution is -0.120.